The van der Waals surface area contributed by atoms with Gasteiger partial charge in [0.2, 0.25) is 0 Å². The van der Waals surface area contributed by atoms with Gasteiger partial charge in [-0.1, -0.05) is 0 Å². The van der Waals surface area contributed by atoms with E-state index in [4.69, 9.17) is 5.84 Å². The van der Waals surface area contributed by atoms with Gasteiger partial charge in [0, 0.05) is 24.8 Å². The molecule has 1 aromatic rings. The number of H-pyrrole nitrogens is 1. The smallest absolute Gasteiger partial charge is 0.324 e. The molecule has 7 nitrogen and oxygen atoms in total. The van der Waals surface area contributed by atoms with Gasteiger partial charge in [0.1, 0.15) is 0 Å². The molecule has 4 N–H and O–H groups in total. The Morgan fingerprint density at radius 1 is 1.53 bits per heavy atom. The maximum absolute atomic E-state index is 11.6. The Morgan fingerprint density at radius 3 is 2.82 bits per heavy atom. The first-order chi connectivity index (χ1) is 8.22. The quantitative estimate of drug-likeness (QED) is 0.349. The molecule has 92 valence electrons. The number of nitrogens with two attached hydrogens (primary N) is 1. The zero-order chi connectivity index (χ0) is 12.3. The van der Waals surface area contributed by atoms with Crippen LogP contribution in [0.3, 0.4) is 0 Å². The first kappa shape index (κ1) is 11.6. The second-order valence-corrected chi connectivity index (χ2v) is 4.05. The van der Waals surface area contributed by atoms with Gasteiger partial charge in [0.15, 0.2) is 0 Å². The van der Waals surface area contributed by atoms with Crippen LogP contribution in [-0.4, -0.2) is 34.2 Å². The standard InChI is InChI=1S/C10H15N5O2/c11-13-10(17)15-5-2-7(3-6-15)8-1-4-12-14-9(8)16/h1,4,7H,2-3,5-6,11H2,(H,13,17)(H,14,16). The van der Waals surface area contributed by atoms with Gasteiger partial charge in [-0.05, 0) is 24.8 Å². The Balaban J connectivity index is 2.03. The molecule has 1 aliphatic heterocycles. The van der Waals surface area contributed by atoms with Crippen LogP contribution in [0, 0.1) is 0 Å². The molecule has 2 rings (SSSR count). The van der Waals surface area contributed by atoms with Crippen LogP contribution in [0.5, 0.6) is 0 Å². The average molecular weight is 237 g/mol. The molecule has 0 saturated carbocycles. The lowest BCUT2D eigenvalue weighted by Crippen LogP contribution is -2.46. The van der Waals surface area contributed by atoms with Crippen molar-refractivity contribution in [2.75, 3.05) is 13.1 Å². The summed E-state index contributed by atoms with van der Waals surface area (Å²) in [4.78, 5) is 24.5. The van der Waals surface area contributed by atoms with Crippen molar-refractivity contribution in [1.82, 2.24) is 20.5 Å². The summed E-state index contributed by atoms with van der Waals surface area (Å²) >= 11 is 0. The molecule has 0 unspecified atom stereocenters. The molecule has 0 radical (unpaired) electrons. The highest BCUT2D eigenvalue weighted by molar-refractivity contribution is 5.73. The average Bonchev–Trinajstić information content (AvgIpc) is 2.39. The minimum absolute atomic E-state index is 0.144. The molecule has 0 aromatic carbocycles. The van der Waals surface area contributed by atoms with Gasteiger partial charge in [-0.3, -0.25) is 10.2 Å². The summed E-state index contributed by atoms with van der Waals surface area (Å²) in [6.07, 6.45) is 3.11. The van der Waals surface area contributed by atoms with Crippen molar-refractivity contribution in [1.29, 1.82) is 0 Å². The molecular formula is C10H15N5O2. The molecule has 1 aliphatic rings. The van der Waals surface area contributed by atoms with E-state index in [1.807, 2.05) is 0 Å². The summed E-state index contributed by atoms with van der Waals surface area (Å²) in [6.45, 7) is 1.21. The van der Waals surface area contributed by atoms with Crippen LogP contribution < -0.4 is 16.8 Å². The van der Waals surface area contributed by atoms with Gasteiger partial charge in [0.25, 0.3) is 5.56 Å². The van der Waals surface area contributed by atoms with E-state index in [2.05, 4.69) is 15.6 Å². The number of urea groups is 1. The number of amides is 2. The topological polar surface area (TPSA) is 104 Å². The monoisotopic (exact) mass is 237 g/mol. The summed E-state index contributed by atoms with van der Waals surface area (Å²) in [6, 6.07) is 1.47. The van der Waals surface area contributed by atoms with Crippen molar-refractivity contribution in [3.8, 4) is 0 Å². The predicted molar refractivity (Wildman–Crippen MR) is 61.1 cm³/mol. The van der Waals surface area contributed by atoms with E-state index >= 15 is 0 Å². The van der Waals surface area contributed by atoms with E-state index in [0.717, 1.165) is 18.4 Å². The molecule has 7 heteroatoms. The molecule has 0 atom stereocenters. The summed E-state index contributed by atoms with van der Waals surface area (Å²) in [5, 5.41) is 6.09. The number of nitrogens with zero attached hydrogens (tertiary/aromatic N) is 2. The Bertz CT molecular complexity index is 450. The number of hydrazine groups is 1. The molecule has 2 amide bonds. The minimum atomic E-state index is -0.271. The van der Waals surface area contributed by atoms with Crippen molar-refractivity contribution in [3.63, 3.8) is 0 Å². The lowest BCUT2D eigenvalue weighted by atomic mass is 9.91. The highest BCUT2D eigenvalue weighted by Gasteiger charge is 2.24. The van der Waals surface area contributed by atoms with Crippen molar-refractivity contribution < 1.29 is 4.79 Å². The number of hydrogen-bond donors (Lipinski definition) is 3. The van der Waals surface area contributed by atoms with Crippen LogP contribution >= 0.6 is 0 Å². The molecule has 1 fully saturated rings. The van der Waals surface area contributed by atoms with Gasteiger partial charge in [0.05, 0.1) is 0 Å². The second kappa shape index (κ2) is 4.96. The third kappa shape index (κ3) is 2.44. The van der Waals surface area contributed by atoms with Crippen molar-refractivity contribution in [2.24, 2.45) is 5.84 Å². The number of hydrogen-bond acceptors (Lipinski definition) is 4. The highest BCUT2D eigenvalue weighted by Crippen LogP contribution is 2.25. The molecule has 0 aliphatic carbocycles. The molecule has 1 saturated heterocycles. The van der Waals surface area contributed by atoms with Gasteiger partial charge >= 0.3 is 6.03 Å². The maximum Gasteiger partial charge on any atom is 0.331 e. The molecule has 0 spiro atoms. The Kier molecular flexibility index (Phi) is 3.38. The first-order valence-electron chi connectivity index (χ1n) is 5.51. The molecule has 2 heterocycles. The normalized spacial score (nSPS) is 16.9. The van der Waals surface area contributed by atoms with E-state index in [1.54, 1.807) is 17.2 Å². The van der Waals surface area contributed by atoms with Crippen LogP contribution in [0.15, 0.2) is 17.1 Å². The van der Waals surface area contributed by atoms with Gasteiger partial charge in [-0.2, -0.15) is 5.10 Å². The van der Waals surface area contributed by atoms with E-state index in [0.29, 0.717) is 13.1 Å². The summed E-state index contributed by atoms with van der Waals surface area (Å²) in [5.41, 5.74) is 2.71. The van der Waals surface area contributed by atoms with Crippen LogP contribution in [0.25, 0.3) is 0 Å². The Hall–Kier alpha value is -1.89. The van der Waals surface area contributed by atoms with Crippen LogP contribution in [0.4, 0.5) is 4.79 Å². The fourth-order valence-corrected chi connectivity index (χ4v) is 2.16. The maximum atomic E-state index is 11.6. The van der Waals surface area contributed by atoms with Crippen LogP contribution in [0.2, 0.25) is 0 Å². The largest absolute Gasteiger partial charge is 0.331 e. The lowest BCUT2D eigenvalue weighted by molar-refractivity contribution is 0.181. The molecular weight excluding hydrogens is 222 g/mol. The predicted octanol–water partition coefficient (Wildman–Crippen LogP) is -0.467. The summed E-state index contributed by atoms with van der Waals surface area (Å²) in [5.74, 6) is 5.25. The number of likely N-dealkylation sites (tertiary alicyclic amines) is 1. The Morgan fingerprint density at radius 2 is 2.24 bits per heavy atom. The number of rotatable bonds is 1. The van der Waals surface area contributed by atoms with Gasteiger partial charge < -0.3 is 4.90 Å². The molecule has 17 heavy (non-hydrogen) atoms. The van der Waals surface area contributed by atoms with Crippen LogP contribution in [0.1, 0.15) is 24.3 Å². The minimum Gasteiger partial charge on any atom is -0.324 e. The van der Waals surface area contributed by atoms with Crippen molar-refractivity contribution in [2.45, 2.75) is 18.8 Å². The molecule has 0 bridgehead atoms. The summed E-state index contributed by atoms with van der Waals surface area (Å²) < 4.78 is 0. The Labute approximate surface area is 98.0 Å². The third-order valence-corrected chi connectivity index (χ3v) is 3.10. The fraction of sp³-hybridized carbons (Fsp3) is 0.500. The zero-order valence-corrected chi connectivity index (χ0v) is 9.35. The van der Waals surface area contributed by atoms with Gasteiger partial charge in [-0.15, -0.1) is 0 Å². The highest BCUT2D eigenvalue weighted by atomic mass is 16.2. The summed E-state index contributed by atoms with van der Waals surface area (Å²) in [7, 11) is 0. The van der Waals surface area contributed by atoms with E-state index in [1.165, 1.54) is 0 Å². The lowest BCUT2D eigenvalue weighted by Gasteiger charge is -2.31. The third-order valence-electron chi connectivity index (χ3n) is 3.10. The molecule has 1 aromatic heterocycles. The fourth-order valence-electron chi connectivity index (χ4n) is 2.16. The number of piperidine rings is 1. The van der Waals surface area contributed by atoms with Crippen molar-refractivity contribution >= 4 is 6.03 Å². The number of aromatic amines is 1. The first-order valence-corrected chi connectivity index (χ1v) is 5.51. The zero-order valence-electron chi connectivity index (χ0n) is 9.35. The van der Waals surface area contributed by atoms with E-state index < -0.39 is 0 Å². The number of aromatic nitrogens is 2. The van der Waals surface area contributed by atoms with Crippen LogP contribution in [-0.2, 0) is 0 Å². The number of carbonyl (C=O) groups excluding carboxylic acids is 1. The SMILES string of the molecule is NNC(=O)N1CCC(c2ccn[nH]c2=O)CC1. The number of nitrogens with one attached hydrogen (secondary N) is 2. The second-order valence-electron chi connectivity index (χ2n) is 4.05. The number of carbonyl (C=O) groups is 1. The van der Waals surface area contributed by atoms with E-state index in [-0.39, 0.29) is 17.5 Å². The van der Waals surface area contributed by atoms with Crippen molar-refractivity contribution in [3.05, 3.63) is 28.2 Å². The van der Waals surface area contributed by atoms with Gasteiger partial charge in [-0.25, -0.2) is 15.7 Å². The van der Waals surface area contributed by atoms with E-state index in [9.17, 15) is 9.59 Å².